The van der Waals surface area contributed by atoms with Crippen molar-refractivity contribution in [3.63, 3.8) is 0 Å². The minimum absolute atomic E-state index is 0.0518. The highest BCUT2D eigenvalue weighted by Crippen LogP contribution is 2.30. The maximum atomic E-state index is 12.3. The number of rotatable bonds is 7. The van der Waals surface area contributed by atoms with Gasteiger partial charge < -0.3 is 20.3 Å². The number of fused-ring (bicyclic) bond motifs is 1. The average Bonchev–Trinajstić information content (AvgIpc) is 3.11. The number of aliphatic carboxylic acids is 2. The van der Waals surface area contributed by atoms with Crippen LogP contribution in [0.3, 0.4) is 0 Å². The summed E-state index contributed by atoms with van der Waals surface area (Å²) in [6, 6.07) is 17.8. The number of anilines is 1. The van der Waals surface area contributed by atoms with Crippen molar-refractivity contribution in [3.05, 3.63) is 76.7 Å². The molecule has 0 fully saturated rings. The lowest BCUT2D eigenvalue weighted by Gasteiger charge is -2.06. The molecular weight excluding hydrogens is 444 g/mol. The van der Waals surface area contributed by atoms with Gasteiger partial charge >= 0.3 is 11.9 Å². The zero-order valence-corrected chi connectivity index (χ0v) is 18.0. The predicted molar refractivity (Wildman–Crippen MR) is 126 cm³/mol. The molecule has 8 nitrogen and oxygen atoms in total. The van der Waals surface area contributed by atoms with Crippen LogP contribution in [0.2, 0.25) is 0 Å². The highest BCUT2D eigenvalue weighted by atomic mass is 32.2. The minimum Gasteiger partial charge on any atom is -0.482 e. The van der Waals surface area contributed by atoms with E-state index in [0.29, 0.717) is 27.1 Å². The molecule has 4 rings (SSSR count). The zero-order chi connectivity index (χ0) is 23.4. The molecule has 0 aromatic heterocycles. The van der Waals surface area contributed by atoms with Gasteiger partial charge in [0.05, 0.1) is 11.3 Å². The standard InChI is InChI=1S/C24H18N2O6S/c27-21(28)11-14-2-6-18(7-3-14)25-24-26-23(31)20(33-24)10-15-1-4-17-12-19(32-13-22(29)30)8-5-16(17)9-15/h1-10,12H,11,13H2,(H,27,28)(H,29,30)(H,25,26,31). The van der Waals surface area contributed by atoms with E-state index in [2.05, 4.69) is 10.3 Å². The molecular formula is C24H18N2O6S. The Kier molecular flexibility index (Phi) is 6.41. The number of nitrogens with one attached hydrogen (secondary N) is 1. The fourth-order valence-corrected chi connectivity index (χ4v) is 4.02. The first-order valence-corrected chi connectivity index (χ1v) is 10.7. The molecule has 9 heteroatoms. The van der Waals surface area contributed by atoms with Gasteiger partial charge in [-0.3, -0.25) is 9.59 Å². The van der Waals surface area contributed by atoms with Gasteiger partial charge in [0.2, 0.25) is 0 Å². The molecule has 0 atom stereocenters. The normalized spacial score (nSPS) is 14.4. The van der Waals surface area contributed by atoms with Gasteiger partial charge in [0.15, 0.2) is 11.8 Å². The highest BCUT2D eigenvalue weighted by molar-refractivity contribution is 8.18. The second-order valence-corrected chi connectivity index (χ2v) is 8.21. The zero-order valence-electron chi connectivity index (χ0n) is 17.1. The summed E-state index contributed by atoms with van der Waals surface area (Å²) in [5.41, 5.74) is 2.21. The first-order chi connectivity index (χ1) is 15.9. The van der Waals surface area contributed by atoms with Crippen LogP contribution in [0.5, 0.6) is 5.75 Å². The monoisotopic (exact) mass is 462 g/mol. The van der Waals surface area contributed by atoms with E-state index < -0.39 is 18.5 Å². The lowest BCUT2D eigenvalue weighted by Crippen LogP contribution is -2.09. The van der Waals surface area contributed by atoms with Gasteiger partial charge in [-0.2, -0.15) is 4.99 Å². The topological polar surface area (TPSA) is 125 Å². The van der Waals surface area contributed by atoms with Crippen LogP contribution in [0.25, 0.3) is 16.8 Å². The maximum Gasteiger partial charge on any atom is 0.341 e. The lowest BCUT2D eigenvalue weighted by atomic mass is 10.1. The molecule has 0 saturated carbocycles. The Morgan fingerprint density at radius 3 is 2.42 bits per heavy atom. The Hall–Kier alpha value is -4.11. The van der Waals surface area contributed by atoms with Gasteiger partial charge in [0.1, 0.15) is 5.75 Å². The molecule has 0 bridgehead atoms. The summed E-state index contributed by atoms with van der Waals surface area (Å²) in [6.07, 6.45) is 1.71. The van der Waals surface area contributed by atoms with E-state index in [-0.39, 0.29) is 12.3 Å². The SMILES string of the molecule is O=C(O)COc1ccc2cc(C=C3SC(Nc4ccc(CC(=O)O)cc4)=NC3=O)ccc2c1. The predicted octanol–water partition coefficient (Wildman–Crippen LogP) is 4.01. The van der Waals surface area contributed by atoms with Gasteiger partial charge in [-0.1, -0.05) is 30.3 Å². The molecule has 0 spiro atoms. The van der Waals surface area contributed by atoms with E-state index in [1.54, 1.807) is 42.5 Å². The molecule has 0 aliphatic carbocycles. The number of nitrogens with zero attached hydrogens (tertiary/aromatic N) is 1. The number of benzene rings is 3. The number of aliphatic imine (C=N–C) groups is 1. The van der Waals surface area contributed by atoms with Crippen molar-refractivity contribution < 1.29 is 29.3 Å². The third-order valence-corrected chi connectivity index (χ3v) is 5.58. The number of ether oxygens (including phenoxy) is 1. The Morgan fingerprint density at radius 1 is 0.970 bits per heavy atom. The Bertz CT molecular complexity index is 1310. The molecule has 1 heterocycles. The third kappa shape index (κ3) is 5.78. The maximum absolute atomic E-state index is 12.3. The van der Waals surface area contributed by atoms with Crippen molar-refractivity contribution in [1.29, 1.82) is 0 Å². The van der Waals surface area contributed by atoms with Gasteiger partial charge in [0, 0.05) is 5.69 Å². The second kappa shape index (κ2) is 9.58. The van der Waals surface area contributed by atoms with E-state index in [1.807, 2.05) is 24.3 Å². The van der Waals surface area contributed by atoms with E-state index in [1.165, 1.54) is 11.8 Å². The number of thioether (sulfide) groups is 1. The van der Waals surface area contributed by atoms with Crippen LogP contribution in [0.1, 0.15) is 11.1 Å². The largest absolute Gasteiger partial charge is 0.482 e. The van der Waals surface area contributed by atoms with Crippen molar-refractivity contribution in [2.24, 2.45) is 4.99 Å². The van der Waals surface area contributed by atoms with Crippen molar-refractivity contribution >= 4 is 57.3 Å². The molecule has 3 N–H and O–H groups in total. The Morgan fingerprint density at radius 2 is 1.70 bits per heavy atom. The van der Waals surface area contributed by atoms with Crippen LogP contribution in [0.15, 0.2) is 70.6 Å². The highest BCUT2D eigenvalue weighted by Gasteiger charge is 2.22. The van der Waals surface area contributed by atoms with Crippen LogP contribution < -0.4 is 10.1 Å². The van der Waals surface area contributed by atoms with Gasteiger partial charge in [-0.15, -0.1) is 0 Å². The molecule has 3 aromatic rings. The first kappa shape index (κ1) is 22.1. The molecule has 1 amide bonds. The van der Waals surface area contributed by atoms with E-state index in [0.717, 1.165) is 16.3 Å². The number of amides is 1. The molecule has 1 aliphatic heterocycles. The summed E-state index contributed by atoms with van der Waals surface area (Å²) in [6.45, 7) is -0.405. The average molecular weight is 462 g/mol. The van der Waals surface area contributed by atoms with Crippen LogP contribution >= 0.6 is 11.8 Å². The third-order valence-electron chi connectivity index (χ3n) is 4.68. The minimum atomic E-state index is -1.04. The van der Waals surface area contributed by atoms with Crippen LogP contribution in [-0.4, -0.2) is 39.8 Å². The molecule has 1 aliphatic rings. The molecule has 3 aromatic carbocycles. The number of hydrogen-bond donors (Lipinski definition) is 3. The summed E-state index contributed by atoms with van der Waals surface area (Å²) in [7, 11) is 0. The fourth-order valence-electron chi connectivity index (χ4n) is 3.18. The number of carboxylic acids is 2. The number of amidine groups is 1. The molecule has 0 saturated heterocycles. The molecule has 0 unspecified atom stereocenters. The summed E-state index contributed by atoms with van der Waals surface area (Å²) in [5.74, 6) is -1.81. The number of carbonyl (C=O) groups excluding carboxylic acids is 1. The second-order valence-electron chi connectivity index (χ2n) is 7.18. The number of carboxylic acid groups (broad SMARTS) is 2. The lowest BCUT2D eigenvalue weighted by molar-refractivity contribution is -0.139. The first-order valence-electron chi connectivity index (χ1n) is 9.84. The van der Waals surface area contributed by atoms with E-state index in [9.17, 15) is 14.4 Å². The van der Waals surface area contributed by atoms with Gasteiger partial charge in [-0.25, -0.2) is 4.79 Å². The Labute approximate surface area is 192 Å². The quantitative estimate of drug-likeness (QED) is 0.450. The van der Waals surface area contributed by atoms with Crippen LogP contribution in [0.4, 0.5) is 5.69 Å². The fraction of sp³-hybridized carbons (Fsp3) is 0.0833. The molecule has 166 valence electrons. The summed E-state index contributed by atoms with van der Waals surface area (Å²) in [5, 5.41) is 22.9. The molecule has 0 radical (unpaired) electrons. The van der Waals surface area contributed by atoms with Crippen LogP contribution in [0, 0.1) is 0 Å². The van der Waals surface area contributed by atoms with Crippen molar-refractivity contribution in [1.82, 2.24) is 0 Å². The summed E-state index contributed by atoms with van der Waals surface area (Å²) >= 11 is 1.22. The van der Waals surface area contributed by atoms with Gasteiger partial charge in [0.25, 0.3) is 5.91 Å². The van der Waals surface area contributed by atoms with E-state index >= 15 is 0 Å². The Balaban J connectivity index is 1.44. The number of hydrogen-bond acceptors (Lipinski definition) is 6. The van der Waals surface area contributed by atoms with Crippen molar-refractivity contribution in [3.8, 4) is 5.75 Å². The summed E-state index contributed by atoms with van der Waals surface area (Å²) in [4.78, 5) is 38.3. The van der Waals surface area contributed by atoms with E-state index in [4.69, 9.17) is 14.9 Å². The van der Waals surface area contributed by atoms with Crippen molar-refractivity contribution in [2.75, 3.05) is 11.9 Å². The van der Waals surface area contributed by atoms with Crippen LogP contribution in [-0.2, 0) is 20.8 Å². The molecule has 33 heavy (non-hydrogen) atoms. The van der Waals surface area contributed by atoms with Gasteiger partial charge in [-0.05, 0) is 70.1 Å². The van der Waals surface area contributed by atoms with Crippen molar-refractivity contribution in [2.45, 2.75) is 6.42 Å². The smallest absolute Gasteiger partial charge is 0.341 e. The summed E-state index contributed by atoms with van der Waals surface area (Å²) < 4.78 is 5.20. The number of carbonyl (C=O) groups is 3.